The van der Waals surface area contributed by atoms with E-state index in [0.717, 1.165) is 45.4 Å². The number of pyridine rings is 1. The number of amides is 1. The van der Waals surface area contributed by atoms with Crippen LogP contribution >= 0.6 is 0 Å². The zero-order chi connectivity index (χ0) is 14.7. The molecular formula is C16H23N3O2. The van der Waals surface area contributed by atoms with Crippen LogP contribution in [0.3, 0.4) is 0 Å². The van der Waals surface area contributed by atoms with E-state index in [2.05, 4.69) is 9.88 Å². The molecule has 5 nitrogen and oxygen atoms in total. The molecule has 1 saturated heterocycles. The van der Waals surface area contributed by atoms with Crippen molar-refractivity contribution in [1.82, 2.24) is 9.88 Å². The molecule has 1 aromatic heterocycles. The minimum atomic E-state index is -0.229. The van der Waals surface area contributed by atoms with Crippen molar-refractivity contribution in [2.24, 2.45) is 5.41 Å². The Morgan fingerprint density at radius 1 is 1.24 bits per heavy atom. The molecule has 1 amide bonds. The zero-order valence-electron chi connectivity index (χ0n) is 12.6. The molecule has 1 saturated carbocycles. The Morgan fingerprint density at radius 3 is 2.43 bits per heavy atom. The van der Waals surface area contributed by atoms with Gasteiger partial charge in [-0.15, -0.1) is 0 Å². The van der Waals surface area contributed by atoms with Crippen molar-refractivity contribution in [2.75, 3.05) is 44.8 Å². The summed E-state index contributed by atoms with van der Waals surface area (Å²) in [6.07, 6.45) is 6.73. The lowest BCUT2D eigenvalue weighted by Gasteiger charge is -2.45. The third kappa shape index (κ3) is 2.75. The van der Waals surface area contributed by atoms with E-state index in [0.29, 0.717) is 12.5 Å². The highest BCUT2D eigenvalue weighted by molar-refractivity contribution is 5.84. The molecule has 1 aliphatic carbocycles. The minimum Gasteiger partial charge on any atom is -0.384 e. The molecular weight excluding hydrogens is 266 g/mol. The second kappa shape index (κ2) is 6.02. The van der Waals surface area contributed by atoms with Crippen molar-refractivity contribution in [1.29, 1.82) is 0 Å². The van der Waals surface area contributed by atoms with Crippen molar-refractivity contribution in [3.05, 3.63) is 24.5 Å². The zero-order valence-corrected chi connectivity index (χ0v) is 12.6. The molecule has 2 aliphatic rings. The summed E-state index contributed by atoms with van der Waals surface area (Å²) in [6.45, 7) is 3.94. The maximum absolute atomic E-state index is 12.8. The van der Waals surface area contributed by atoms with Crippen LogP contribution < -0.4 is 4.90 Å². The molecule has 2 heterocycles. The van der Waals surface area contributed by atoms with E-state index >= 15 is 0 Å². The Hall–Kier alpha value is -1.62. The van der Waals surface area contributed by atoms with Gasteiger partial charge in [0.05, 0.1) is 12.0 Å². The molecule has 21 heavy (non-hydrogen) atoms. The fourth-order valence-electron chi connectivity index (χ4n) is 3.36. The van der Waals surface area contributed by atoms with Gasteiger partial charge in [0.1, 0.15) is 0 Å². The SMILES string of the molecule is COCC1(C(=O)N2CCN(c3ccncc3)CC2)CCC1. The predicted molar refractivity (Wildman–Crippen MR) is 81.2 cm³/mol. The summed E-state index contributed by atoms with van der Waals surface area (Å²) < 4.78 is 5.29. The molecule has 114 valence electrons. The monoisotopic (exact) mass is 289 g/mol. The van der Waals surface area contributed by atoms with Gasteiger partial charge in [-0.3, -0.25) is 9.78 Å². The minimum absolute atomic E-state index is 0.229. The molecule has 0 bridgehead atoms. The van der Waals surface area contributed by atoms with Gasteiger partial charge in [-0.2, -0.15) is 0 Å². The Labute approximate surface area is 125 Å². The largest absolute Gasteiger partial charge is 0.384 e. The average Bonchev–Trinajstić information content (AvgIpc) is 2.51. The van der Waals surface area contributed by atoms with Gasteiger partial charge in [0.15, 0.2) is 0 Å². The lowest BCUT2D eigenvalue weighted by atomic mass is 9.68. The van der Waals surface area contributed by atoms with Gasteiger partial charge < -0.3 is 14.5 Å². The number of methoxy groups -OCH3 is 1. The maximum Gasteiger partial charge on any atom is 0.231 e. The van der Waals surface area contributed by atoms with Crippen LogP contribution in [0.5, 0.6) is 0 Å². The molecule has 1 aliphatic heterocycles. The van der Waals surface area contributed by atoms with Crippen molar-refractivity contribution >= 4 is 11.6 Å². The molecule has 5 heteroatoms. The van der Waals surface area contributed by atoms with Gasteiger partial charge in [0, 0.05) is 51.4 Å². The number of hydrogen-bond donors (Lipinski definition) is 0. The summed E-state index contributed by atoms with van der Waals surface area (Å²) in [7, 11) is 1.69. The first-order chi connectivity index (χ1) is 10.2. The average molecular weight is 289 g/mol. The van der Waals surface area contributed by atoms with Gasteiger partial charge in [0.25, 0.3) is 0 Å². The molecule has 2 fully saturated rings. The second-order valence-corrected chi connectivity index (χ2v) is 6.05. The van der Waals surface area contributed by atoms with E-state index in [1.54, 1.807) is 7.11 Å². The van der Waals surface area contributed by atoms with Gasteiger partial charge >= 0.3 is 0 Å². The van der Waals surface area contributed by atoms with Crippen LogP contribution in [0.2, 0.25) is 0 Å². The summed E-state index contributed by atoms with van der Waals surface area (Å²) in [5.41, 5.74) is 0.959. The number of rotatable bonds is 4. The number of hydrogen-bond acceptors (Lipinski definition) is 4. The summed E-state index contributed by atoms with van der Waals surface area (Å²) in [5.74, 6) is 0.296. The Morgan fingerprint density at radius 2 is 1.90 bits per heavy atom. The quantitative estimate of drug-likeness (QED) is 0.843. The van der Waals surface area contributed by atoms with E-state index in [-0.39, 0.29) is 5.41 Å². The number of carbonyl (C=O) groups is 1. The Kier molecular flexibility index (Phi) is 4.10. The first kappa shape index (κ1) is 14.3. The highest BCUT2D eigenvalue weighted by Crippen LogP contribution is 2.42. The Balaban J connectivity index is 1.59. The van der Waals surface area contributed by atoms with E-state index in [4.69, 9.17) is 4.74 Å². The maximum atomic E-state index is 12.8. The van der Waals surface area contributed by atoms with Crippen LogP contribution in [0.4, 0.5) is 5.69 Å². The van der Waals surface area contributed by atoms with Crippen molar-refractivity contribution in [3.8, 4) is 0 Å². The number of anilines is 1. The van der Waals surface area contributed by atoms with Crippen molar-refractivity contribution in [3.63, 3.8) is 0 Å². The fraction of sp³-hybridized carbons (Fsp3) is 0.625. The number of ether oxygens (including phenoxy) is 1. The molecule has 1 aromatic rings. The molecule has 0 N–H and O–H groups in total. The predicted octanol–water partition coefficient (Wildman–Crippen LogP) is 1.55. The summed E-state index contributed by atoms with van der Waals surface area (Å²) in [6, 6.07) is 4.05. The van der Waals surface area contributed by atoms with Crippen molar-refractivity contribution < 1.29 is 9.53 Å². The highest BCUT2D eigenvalue weighted by atomic mass is 16.5. The van der Waals surface area contributed by atoms with E-state index in [1.165, 1.54) is 5.69 Å². The number of nitrogens with zero attached hydrogens (tertiary/aromatic N) is 3. The third-order valence-electron chi connectivity index (χ3n) is 4.78. The van der Waals surface area contributed by atoms with Crippen LogP contribution in [0.15, 0.2) is 24.5 Å². The molecule has 0 atom stereocenters. The lowest BCUT2D eigenvalue weighted by molar-refractivity contribution is -0.152. The summed E-state index contributed by atoms with van der Waals surface area (Å²) in [5, 5.41) is 0. The molecule has 0 spiro atoms. The van der Waals surface area contributed by atoms with Crippen LogP contribution in [0.1, 0.15) is 19.3 Å². The number of aromatic nitrogens is 1. The first-order valence-electron chi connectivity index (χ1n) is 7.68. The topological polar surface area (TPSA) is 45.7 Å². The van der Waals surface area contributed by atoms with Gasteiger partial charge in [-0.25, -0.2) is 0 Å². The summed E-state index contributed by atoms with van der Waals surface area (Å²) in [4.78, 5) is 21.1. The van der Waals surface area contributed by atoms with Gasteiger partial charge in [0.2, 0.25) is 5.91 Å². The van der Waals surface area contributed by atoms with Crippen LogP contribution in [-0.4, -0.2) is 55.7 Å². The van der Waals surface area contributed by atoms with E-state index < -0.39 is 0 Å². The Bertz CT molecular complexity index is 480. The molecule has 0 aromatic carbocycles. The van der Waals surface area contributed by atoms with Gasteiger partial charge in [-0.1, -0.05) is 6.42 Å². The van der Waals surface area contributed by atoms with Crippen molar-refractivity contribution in [2.45, 2.75) is 19.3 Å². The second-order valence-electron chi connectivity index (χ2n) is 6.05. The van der Waals surface area contributed by atoms with Gasteiger partial charge in [-0.05, 0) is 25.0 Å². The third-order valence-corrected chi connectivity index (χ3v) is 4.78. The highest BCUT2D eigenvalue weighted by Gasteiger charge is 2.46. The molecule has 0 radical (unpaired) electrons. The van der Waals surface area contributed by atoms with E-state index in [9.17, 15) is 4.79 Å². The van der Waals surface area contributed by atoms with Crippen LogP contribution in [-0.2, 0) is 9.53 Å². The van der Waals surface area contributed by atoms with E-state index in [1.807, 2.05) is 29.4 Å². The molecule has 0 unspecified atom stereocenters. The fourth-order valence-corrected chi connectivity index (χ4v) is 3.36. The molecule has 3 rings (SSSR count). The normalized spacial score (nSPS) is 21.0. The lowest BCUT2D eigenvalue weighted by Crippen LogP contribution is -2.56. The first-order valence-corrected chi connectivity index (χ1v) is 7.68. The number of carbonyl (C=O) groups excluding carboxylic acids is 1. The summed E-state index contributed by atoms with van der Waals surface area (Å²) >= 11 is 0. The standard InChI is InChI=1S/C16H23N3O2/c1-21-13-16(5-2-6-16)15(20)19-11-9-18(10-12-19)14-3-7-17-8-4-14/h3-4,7-8H,2,5-6,9-13H2,1H3. The number of piperazine rings is 1. The smallest absolute Gasteiger partial charge is 0.231 e. The van der Waals surface area contributed by atoms with Crippen LogP contribution in [0, 0.1) is 5.41 Å². The van der Waals surface area contributed by atoms with Crippen LogP contribution in [0.25, 0.3) is 0 Å².